The van der Waals surface area contributed by atoms with E-state index in [1.165, 1.54) is 56.6 Å². The summed E-state index contributed by atoms with van der Waals surface area (Å²) in [4.78, 5) is 4.57. The number of thioether (sulfide) groups is 1. The molecule has 12 heteroatoms. The van der Waals surface area contributed by atoms with E-state index in [0.717, 1.165) is 30.5 Å². The number of hydrogen-bond acceptors (Lipinski definition) is 9. The lowest BCUT2D eigenvalue weighted by molar-refractivity contribution is 0.220. The predicted molar refractivity (Wildman–Crippen MR) is 148 cm³/mol. The lowest BCUT2D eigenvalue weighted by Gasteiger charge is -2.34. The standard InChI is InChI=1S/C24H33N3O6S3/c1-25-10-12-26(13-11-25)24(34)35-15-14-27(36(28,29)20-8-6-19(30-2)7-9-20)18-16-21(31-3)23(33-5)22(17-18)32-4/h6-9,16-17H,10-15H2,1-5H3. The SMILES string of the molecule is COc1ccc(S(=O)(=O)N(CCSC(=S)N2CCN(C)CC2)c2cc(OC)c(OC)c(OC)c2)cc1. The molecule has 2 aromatic carbocycles. The maximum atomic E-state index is 13.8. The first-order chi connectivity index (χ1) is 17.2. The maximum absolute atomic E-state index is 13.8. The molecule has 0 unspecified atom stereocenters. The Balaban J connectivity index is 1.91. The van der Waals surface area contributed by atoms with Gasteiger partial charge in [-0.2, -0.15) is 0 Å². The normalized spacial score (nSPS) is 14.3. The predicted octanol–water partition coefficient (Wildman–Crippen LogP) is 3.18. The number of ether oxygens (including phenoxy) is 4. The van der Waals surface area contributed by atoms with E-state index in [2.05, 4.69) is 16.8 Å². The van der Waals surface area contributed by atoms with Crippen molar-refractivity contribution in [1.29, 1.82) is 0 Å². The minimum absolute atomic E-state index is 0.142. The van der Waals surface area contributed by atoms with Crippen molar-refractivity contribution in [1.82, 2.24) is 9.80 Å². The number of sulfonamides is 1. The van der Waals surface area contributed by atoms with Crippen LogP contribution in [-0.4, -0.2) is 96.5 Å². The molecule has 0 bridgehead atoms. The highest BCUT2D eigenvalue weighted by atomic mass is 32.2. The van der Waals surface area contributed by atoms with Crippen molar-refractivity contribution in [2.24, 2.45) is 0 Å². The van der Waals surface area contributed by atoms with Gasteiger partial charge in [-0.05, 0) is 31.3 Å². The van der Waals surface area contributed by atoms with Gasteiger partial charge in [0, 0.05) is 50.6 Å². The number of thiocarbonyl (C=S) groups is 1. The summed E-state index contributed by atoms with van der Waals surface area (Å²) < 4.78 is 51.3. The van der Waals surface area contributed by atoms with Gasteiger partial charge in [0.25, 0.3) is 10.0 Å². The molecular weight excluding hydrogens is 522 g/mol. The van der Waals surface area contributed by atoms with Crippen LogP contribution < -0.4 is 23.3 Å². The molecule has 0 atom stereocenters. The minimum Gasteiger partial charge on any atom is -0.497 e. The van der Waals surface area contributed by atoms with Crippen LogP contribution in [0.3, 0.4) is 0 Å². The molecule has 9 nitrogen and oxygen atoms in total. The fourth-order valence-corrected chi connectivity index (χ4v) is 6.58. The molecule has 36 heavy (non-hydrogen) atoms. The first-order valence-electron chi connectivity index (χ1n) is 11.3. The van der Waals surface area contributed by atoms with Crippen LogP contribution in [0.2, 0.25) is 0 Å². The Morgan fingerprint density at radius 2 is 1.53 bits per heavy atom. The Bertz CT molecular complexity index is 1110. The Morgan fingerprint density at radius 1 is 0.944 bits per heavy atom. The van der Waals surface area contributed by atoms with Crippen molar-refractivity contribution >= 4 is 44.0 Å². The number of methoxy groups -OCH3 is 4. The van der Waals surface area contributed by atoms with Crippen LogP contribution in [0.5, 0.6) is 23.0 Å². The van der Waals surface area contributed by atoms with E-state index >= 15 is 0 Å². The van der Waals surface area contributed by atoms with Crippen LogP contribution in [0.4, 0.5) is 5.69 Å². The zero-order valence-corrected chi connectivity index (χ0v) is 23.7. The van der Waals surface area contributed by atoms with Gasteiger partial charge >= 0.3 is 0 Å². The Morgan fingerprint density at radius 3 is 2.03 bits per heavy atom. The number of anilines is 1. The summed E-state index contributed by atoms with van der Waals surface area (Å²) in [6, 6.07) is 9.56. The van der Waals surface area contributed by atoms with Crippen molar-refractivity contribution in [3.05, 3.63) is 36.4 Å². The first-order valence-corrected chi connectivity index (χ1v) is 14.2. The molecule has 1 aliphatic heterocycles. The van der Waals surface area contributed by atoms with E-state index in [1.54, 1.807) is 24.3 Å². The highest BCUT2D eigenvalue weighted by Crippen LogP contribution is 2.42. The lowest BCUT2D eigenvalue weighted by atomic mass is 10.2. The number of benzene rings is 2. The van der Waals surface area contributed by atoms with Crippen LogP contribution in [0.25, 0.3) is 0 Å². The molecule has 3 rings (SSSR count). The molecule has 0 aliphatic carbocycles. The third kappa shape index (κ3) is 6.47. The Kier molecular flexibility index (Phi) is 9.94. The zero-order valence-electron chi connectivity index (χ0n) is 21.2. The monoisotopic (exact) mass is 555 g/mol. The topological polar surface area (TPSA) is 80.8 Å². The molecule has 1 aliphatic rings. The number of likely N-dealkylation sites (N-methyl/N-ethyl adjacent to an activating group) is 1. The second-order valence-electron chi connectivity index (χ2n) is 8.04. The van der Waals surface area contributed by atoms with Crippen molar-refractivity contribution in [2.75, 3.05) is 78.3 Å². The maximum Gasteiger partial charge on any atom is 0.264 e. The minimum atomic E-state index is -3.93. The Hall–Kier alpha value is -2.41. The van der Waals surface area contributed by atoms with E-state index < -0.39 is 10.0 Å². The van der Waals surface area contributed by atoms with Crippen molar-refractivity contribution in [2.45, 2.75) is 4.90 Å². The summed E-state index contributed by atoms with van der Waals surface area (Å²) in [6.07, 6.45) is 0. The van der Waals surface area contributed by atoms with E-state index in [9.17, 15) is 8.42 Å². The molecule has 2 aromatic rings. The third-order valence-electron chi connectivity index (χ3n) is 5.87. The lowest BCUT2D eigenvalue weighted by Crippen LogP contribution is -2.46. The quantitative estimate of drug-likeness (QED) is 0.408. The molecule has 0 saturated carbocycles. The average Bonchev–Trinajstić information content (AvgIpc) is 2.90. The number of piperazine rings is 1. The summed E-state index contributed by atoms with van der Waals surface area (Å²) >= 11 is 7.12. The fourth-order valence-electron chi connectivity index (χ4n) is 3.77. The molecule has 0 radical (unpaired) electrons. The van der Waals surface area contributed by atoms with E-state index in [4.69, 9.17) is 31.2 Å². The molecule has 0 spiro atoms. The number of nitrogens with zero attached hydrogens (tertiary/aromatic N) is 3. The summed E-state index contributed by atoms with van der Waals surface area (Å²) in [5.41, 5.74) is 0.395. The highest BCUT2D eigenvalue weighted by molar-refractivity contribution is 8.22. The van der Waals surface area contributed by atoms with E-state index in [0.29, 0.717) is 34.4 Å². The van der Waals surface area contributed by atoms with Gasteiger partial charge in [-0.1, -0.05) is 24.0 Å². The molecule has 0 aromatic heterocycles. The summed E-state index contributed by atoms with van der Waals surface area (Å²) in [5, 5.41) is 0. The molecule has 1 saturated heterocycles. The molecule has 1 fully saturated rings. The van der Waals surface area contributed by atoms with Crippen molar-refractivity contribution < 1.29 is 27.4 Å². The van der Waals surface area contributed by atoms with Crippen LogP contribution in [0, 0.1) is 0 Å². The van der Waals surface area contributed by atoms with Gasteiger partial charge in [-0.15, -0.1) is 0 Å². The second kappa shape index (κ2) is 12.7. The fraction of sp³-hybridized carbons (Fsp3) is 0.458. The third-order valence-corrected chi connectivity index (χ3v) is 9.21. The van der Waals surface area contributed by atoms with Crippen LogP contribution in [-0.2, 0) is 10.0 Å². The van der Waals surface area contributed by atoms with Gasteiger partial charge in [0.05, 0.1) is 39.0 Å². The highest BCUT2D eigenvalue weighted by Gasteiger charge is 2.28. The average molecular weight is 556 g/mol. The number of rotatable bonds is 10. The largest absolute Gasteiger partial charge is 0.497 e. The molecular formula is C24H33N3O6S3. The molecule has 0 amide bonds. The van der Waals surface area contributed by atoms with Gasteiger partial charge in [0.2, 0.25) is 5.75 Å². The van der Waals surface area contributed by atoms with Gasteiger partial charge in [0.1, 0.15) is 10.1 Å². The summed E-state index contributed by atoms with van der Waals surface area (Å²) in [5.74, 6) is 2.15. The van der Waals surface area contributed by atoms with Gasteiger partial charge in [-0.25, -0.2) is 8.42 Å². The van der Waals surface area contributed by atoms with Gasteiger partial charge < -0.3 is 28.7 Å². The molecule has 198 valence electrons. The van der Waals surface area contributed by atoms with Gasteiger partial charge in [-0.3, -0.25) is 4.31 Å². The van der Waals surface area contributed by atoms with Crippen LogP contribution in [0.15, 0.2) is 41.3 Å². The van der Waals surface area contributed by atoms with Crippen LogP contribution in [0.1, 0.15) is 0 Å². The smallest absolute Gasteiger partial charge is 0.264 e. The molecule has 0 N–H and O–H groups in total. The molecule has 1 heterocycles. The van der Waals surface area contributed by atoms with Crippen molar-refractivity contribution in [3.63, 3.8) is 0 Å². The summed E-state index contributed by atoms with van der Waals surface area (Å²) in [7, 11) is 4.18. The van der Waals surface area contributed by atoms with Crippen molar-refractivity contribution in [3.8, 4) is 23.0 Å². The first kappa shape index (κ1) is 28.2. The second-order valence-corrected chi connectivity index (χ2v) is 11.6. The zero-order chi connectivity index (χ0) is 26.3. The van der Waals surface area contributed by atoms with Crippen LogP contribution >= 0.6 is 24.0 Å². The summed E-state index contributed by atoms with van der Waals surface area (Å²) in [6.45, 7) is 3.81. The van der Waals surface area contributed by atoms with E-state index in [-0.39, 0.29) is 11.4 Å². The number of hydrogen-bond donors (Lipinski definition) is 0. The Labute approximate surface area is 223 Å². The van der Waals surface area contributed by atoms with E-state index in [1.807, 2.05) is 0 Å². The van der Waals surface area contributed by atoms with Gasteiger partial charge in [0.15, 0.2) is 11.5 Å².